The van der Waals surface area contributed by atoms with E-state index in [2.05, 4.69) is 27.8 Å². The van der Waals surface area contributed by atoms with Gasteiger partial charge in [0.15, 0.2) is 0 Å². The molecule has 0 spiro atoms. The number of nitrogens with one attached hydrogen (secondary N) is 2. The van der Waals surface area contributed by atoms with Gasteiger partial charge in [-0.25, -0.2) is 4.98 Å². The van der Waals surface area contributed by atoms with Crippen molar-refractivity contribution in [2.45, 2.75) is 38.9 Å². The van der Waals surface area contributed by atoms with E-state index in [-0.39, 0.29) is 42.8 Å². The average molecular weight is 374 g/mol. The van der Waals surface area contributed by atoms with Gasteiger partial charge in [0.1, 0.15) is 5.01 Å². The van der Waals surface area contributed by atoms with Crippen LogP contribution in [-0.4, -0.2) is 16.9 Å². The molecule has 3 rings (SSSR count). The van der Waals surface area contributed by atoms with Crippen LogP contribution in [-0.2, 0) is 17.8 Å². The molecule has 0 bridgehead atoms. The molecule has 2 aromatic rings. The fourth-order valence-corrected chi connectivity index (χ4v) is 3.36. The molecule has 0 fully saturated rings. The van der Waals surface area contributed by atoms with Gasteiger partial charge in [-0.05, 0) is 31.4 Å². The predicted octanol–water partition coefficient (Wildman–Crippen LogP) is 3.19. The Balaban J connectivity index is 0.00000132. The maximum absolute atomic E-state index is 12.4. The third-order valence-corrected chi connectivity index (χ3v) is 4.86. The number of hydrogen-bond donors (Lipinski definition) is 2. The molecule has 1 aromatic carbocycles. The topological polar surface area (TPSA) is 54.0 Å². The van der Waals surface area contributed by atoms with Crippen LogP contribution in [0.5, 0.6) is 0 Å². The van der Waals surface area contributed by atoms with E-state index in [1.165, 1.54) is 11.1 Å². The first-order valence-corrected chi connectivity index (χ1v) is 7.98. The SMILES string of the molecule is Cc1cnc(C(C)NC(=O)C2Cc3ccccc3CN2)s1.Cl.Cl. The second kappa shape index (κ2) is 8.64. The first kappa shape index (κ1) is 19.9. The molecule has 23 heavy (non-hydrogen) atoms. The predicted molar refractivity (Wildman–Crippen MR) is 98.7 cm³/mol. The molecule has 1 aliphatic rings. The van der Waals surface area contributed by atoms with Gasteiger partial charge in [0.05, 0.1) is 12.1 Å². The normalized spacial score (nSPS) is 17.2. The molecule has 0 saturated carbocycles. The van der Waals surface area contributed by atoms with E-state index in [9.17, 15) is 4.79 Å². The molecule has 2 unspecified atom stereocenters. The molecular formula is C16H21Cl2N3OS. The van der Waals surface area contributed by atoms with E-state index in [0.717, 1.165) is 22.9 Å². The van der Waals surface area contributed by atoms with E-state index in [1.807, 2.05) is 32.2 Å². The lowest BCUT2D eigenvalue weighted by Gasteiger charge is -2.26. The van der Waals surface area contributed by atoms with E-state index in [4.69, 9.17) is 0 Å². The molecule has 2 heterocycles. The summed E-state index contributed by atoms with van der Waals surface area (Å²) in [6.45, 7) is 4.75. The van der Waals surface area contributed by atoms with Gasteiger partial charge in [-0.2, -0.15) is 0 Å². The Morgan fingerprint density at radius 3 is 2.70 bits per heavy atom. The van der Waals surface area contributed by atoms with Gasteiger partial charge in [0.25, 0.3) is 0 Å². The van der Waals surface area contributed by atoms with Crippen molar-refractivity contribution in [3.05, 3.63) is 51.5 Å². The zero-order valence-corrected chi connectivity index (χ0v) is 15.5. The Morgan fingerprint density at radius 1 is 1.35 bits per heavy atom. The number of thiazole rings is 1. The zero-order chi connectivity index (χ0) is 14.8. The van der Waals surface area contributed by atoms with Gasteiger partial charge in [0, 0.05) is 17.6 Å². The number of carbonyl (C=O) groups excluding carboxylic acids is 1. The zero-order valence-electron chi connectivity index (χ0n) is 13.0. The molecule has 0 radical (unpaired) electrons. The molecule has 1 aromatic heterocycles. The van der Waals surface area contributed by atoms with Crippen LogP contribution in [0.3, 0.4) is 0 Å². The number of aromatic nitrogens is 1. The summed E-state index contributed by atoms with van der Waals surface area (Å²) in [5.41, 5.74) is 2.54. The lowest BCUT2D eigenvalue weighted by Crippen LogP contribution is -2.48. The Bertz CT molecular complexity index is 662. The van der Waals surface area contributed by atoms with E-state index in [0.29, 0.717) is 0 Å². The Hall–Kier alpha value is -1.14. The largest absolute Gasteiger partial charge is 0.346 e. The summed E-state index contributed by atoms with van der Waals surface area (Å²) in [6, 6.07) is 8.06. The van der Waals surface area contributed by atoms with Crippen LogP contribution >= 0.6 is 36.2 Å². The van der Waals surface area contributed by atoms with Gasteiger partial charge in [-0.3, -0.25) is 4.79 Å². The highest BCUT2D eigenvalue weighted by atomic mass is 35.5. The van der Waals surface area contributed by atoms with Gasteiger partial charge in [-0.1, -0.05) is 24.3 Å². The molecule has 1 amide bonds. The van der Waals surface area contributed by atoms with Crippen molar-refractivity contribution >= 4 is 42.1 Å². The fourth-order valence-electron chi connectivity index (χ4n) is 2.59. The number of benzene rings is 1. The van der Waals surface area contributed by atoms with Gasteiger partial charge in [0.2, 0.25) is 5.91 Å². The molecule has 4 nitrogen and oxygen atoms in total. The van der Waals surface area contributed by atoms with Crippen molar-refractivity contribution in [3.8, 4) is 0 Å². The Kier molecular flexibility index (Phi) is 7.48. The minimum Gasteiger partial charge on any atom is -0.346 e. The fraction of sp³-hybridized carbons (Fsp3) is 0.375. The number of halogens is 2. The maximum atomic E-state index is 12.4. The Labute approximate surface area is 152 Å². The van der Waals surface area contributed by atoms with Crippen LogP contribution in [0.15, 0.2) is 30.5 Å². The number of amides is 1. The van der Waals surface area contributed by atoms with E-state index in [1.54, 1.807) is 11.3 Å². The molecule has 2 N–H and O–H groups in total. The summed E-state index contributed by atoms with van der Waals surface area (Å²) in [6.07, 6.45) is 2.59. The highest BCUT2D eigenvalue weighted by Crippen LogP contribution is 2.20. The average Bonchev–Trinajstić information content (AvgIpc) is 2.93. The Morgan fingerprint density at radius 2 is 2.04 bits per heavy atom. The molecule has 2 atom stereocenters. The second-order valence-corrected chi connectivity index (χ2v) is 6.71. The molecule has 7 heteroatoms. The molecule has 0 saturated heterocycles. The maximum Gasteiger partial charge on any atom is 0.238 e. The second-order valence-electron chi connectivity index (χ2n) is 5.45. The highest BCUT2D eigenvalue weighted by Gasteiger charge is 2.25. The van der Waals surface area contributed by atoms with Crippen molar-refractivity contribution in [2.75, 3.05) is 0 Å². The number of aryl methyl sites for hydroxylation is 1. The first-order valence-electron chi connectivity index (χ1n) is 7.16. The summed E-state index contributed by atoms with van der Waals surface area (Å²) < 4.78 is 0. The lowest BCUT2D eigenvalue weighted by molar-refractivity contribution is -0.124. The number of rotatable bonds is 3. The summed E-state index contributed by atoms with van der Waals surface area (Å²) >= 11 is 1.63. The number of nitrogens with zero attached hydrogens (tertiary/aromatic N) is 1. The highest BCUT2D eigenvalue weighted by molar-refractivity contribution is 7.11. The number of hydrogen-bond acceptors (Lipinski definition) is 4. The molecular weight excluding hydrogens is 353 g/mol. The van der Waals surface area contributed by atoms with Crippen molar-refractivity contribution in [3.63, 3.8) is 0 Å². The van der Waals surface area contributed by atoms with Crippen molar-refractivity contribution in [1.29, 1.82) is 0 Å². The van der Waals surface area contributed by atoms with Crippen LogP contribution < -0.4 is 10.6 Å². The van der Waals surface area contributed by atoms with Crippen LogP contribution in [0.4, 0.5) is 0 Å². The number of fused-ring (bicyclic) bond motifs is 1. The van der Waals surface area contributed by atoms with Crippen molar-refractivity contribution in [1.82, 2.24) is 15.6 Å². The van der Waals surface area contributed by atoms with Crippen LogP contribution in [0, 0.1) is 6.92 Å². The summed E-state index contributed by atoms with van der Waals surface area (Å²) in [7, 11) is 0. The van der Waals surface area contributed by atoms with Gasteiger partial charge in [-0.15, -0.1) is 36.2 Å². The van der Waals surface area contributed by atoms with E-state index >= 15 is 0 Å². The minimum absolute atomic E-state index is 0. The molecule has 0 aliphatic carbocycles. The monoisotopic (exact) mass is 373 g/mol. The minimum atomic E-state index is -0.164. The van der Waals surface area contributed by atoms with Crippen molar-refractivity contribution < 1.29 is 4.79 Å². The van der Waals surface area contributed by atoms with Gasteiger partial charge < -0.3 is 10.6 Å². The summed E-state index contributed by atoms with van der Waals surface area (Å²) in [5, 5.41) is 7.32. The molecule has 1 aliphatic heterocycles. The van der Waals surface area contributed by atoms with Crippen LogP contribution in [0.25, 0.3) is 0 Å². The lowest BCUT2D eigenvalue weighted by atomic mass is 9.95. The summed E-state index contributed by atoms with van der Waals surface area (Å²) in [4.78, 5) is 17.9. The first-order chi connectivity index (χ1) is 10.1. The third kappa shape index (κ3) is 4.67. The molecule has 126 valence electrons. The smallest absolute Gasteiger partial charge is 0.238 e. The third-order valence-electron chi connectivity index (χ3n) is 3.77. The quantitative estimate of drug-likeness (QED) is 0.868. The summed E-state index contributed by atoms with van der Waals surface area (Å²) in [5.74, 6) is 0.0462. The van der Waals surface area contributed by atoms with E-state index < -0.39 is 0 Å². The van der Waals surface area contributed by atoms with Gasteiger partial charge >= 0.3 is 0 Å². The van der Waals surface area contributed by atoms with Crippen molar-refractivity contribution in [2.24, 2.45) is 0 Å². The standard InChI is InChI=1S/C16H19N3OS.2ClH/c1-10-8-18-16(21-10)11(2)19-15(20)14-7-12-5-3-4-6-13(12)9-17-14;;/h3-6,8,11,14,17H,7,9H2,1-2H3,(H,19,20);2*1H. The number of carbonyl (C=O) groups is 1. The van der Waals surface area contributed by atoms with Crippen LogP contribution in [0.1, 0.15) is 34.0 Å². The van der Waals surface area contributed by atoms with Crippen LogP contribution in [0.2, 0.25) is 0 Å².